The van der Waals surface area contributed by atoms with Gasteiger partial charge in [0.15, 0.2) is 0 Å². The summed E-state index contributed by atoms with van der Waals surface area (Å²) in [7, 11) is 0. The molecule has 1 nitrogen and oxygen atoms in total. The van der Waals surface area contributed by atoms with Crippen LogP contribution in [0.5, 0.6) is 0 Å². The molecule has 0 aromatic heterocycles. The first-order valence-corrected chi connectivity index (χ1v) is 12.1. The summed E-state index contributed by atoms with van der Waals surface area (Å²) in [6.45, 7) is 10.0. The molecule has 28 heavy (non-hydrogen) atoms. The Morgan fingerprint density at radius 1 is 1.14 bits per heavy atom. The number of hydrogen-bond donors (Lipinski definition) is 0. The predicted octanol–water partition coefficient (Wildman–Crippen LogP) is 7.25. The summed E-state index contributed by atoms with van der Waals surface area (Å²) >= 11 is 2.03. The molecule has 3 saturated carbocycles. The summed E-state index contributed by atoms with van der Waals surface area (Å²) in [5, 5.41) is 0. The van der Waals surface area contributed by atoms with Crippen LogP contribution in [0.3, 0.4) is 0 Å². The molecule has 150 valence electrons. The number of rotatable bonds is 5. The van der Waals surface area contributed by atoms with Crippen molar-refractivity contribution in [1.82, 2.24) is 0 Å². The largest absolute Gasteiger partial charge is 0.374 e. The first-order chi connectivity index (χ1) is 13.5. The first-order valence-electron chi connectivity index (χ1n) is 11.3. The van der Waals surface area contributed by atoms with E-state index in [0.29, 0.717) is 23.2 Å². The molecule has 0 unspecified atom stereocenters. The summed E-state index contributed by atoms with van der Waals surface area (Å²) < 4.78 is 6.82. The Kier molecular flexibility index (Phi) is 4.79. The maximum Gasteiger partial charge on any atom is 0.0756 e. The number of hydrogen-bond acceptors (Lipinski definition) is 2. The third kappa shape index (κ3) is 2.86. The lowest BCUT2D eigenvalue weighted by Gasteiger charge is -2.63. The maximum atomic E-state index is 6.82. The van der Waals surface area contributed by atoms with Gasteiger partial charge in [-0.15, -0.1) is 0 Å². The van der Waals surface area contributed by atoms with E-state index in [4.69, 9.17) is 4.74 Å². The topological polar surface area (TPSA) is 9.23 Å². The lowest BCUT2D eigenvalue weighted by molar-refractivity contribution is -0.195. The van der Waals surface area contributed by atoms with Crippen molar-refractivity contribution in [1.29, 1.82) is 0 Å². The molecule has 0 radical (unpaired) electrons. The SMILES string of the molecule is C=C1C[C@]2(OCC(C)C)CC[C@H]3CC[C@@H]4C(Sc5ccccc5)=CC[C@@H]2[C@@]34C1. The van der Waals surface area contributed by atoms with Crippen molar-refractivity contribution in [2.24, 2.45) is 29.1 Å². The highest BCUT2D eigenvalue weighted by molar-refractivity contribution is 8.03. The van der Waals surface area contributed by atoms with E-state index < -0.39 is 0 Å². The van der Waals surface area contributed by atoms with Crippen molar-refractivity contribution in [3.8, 4) is 0 Å². The quantitative estimate of drug-likeness (QED) is 0.486. The number of allylic oxidation sites excluding steroid dienone is 2. The minimum absolute atomic E-state index is 0.0537. The second-order valence-electron chi connectivity index (χ2n) is 10.2. The lowest BCUT2D eigenvalue weighted by atomic mass is 9.45. The van der Waals surface area contributed by atoms with Crippen LogP contribution in [0.1, 0.15) is 58.8 Å². The van der Waals surface area contributed by atoms with Crippen molar-refractivity contribution in [3.05, 3.63) is 53.5 Å². The smallest absolute Gasteiger partial charge is 0.0756 e. The van der Waals surface area contributed by atoms with Gasteiger partial charge in [0, 0.05) is 11.5 Å². The van der Waals surface area contributed by atoms with Gasteiger partial charge in [-0.1, -0.05) is 62.0 Å². The molecule has 0 aliphatic heterocycles. The van der Waals surface area contributed by atoms with Crippen LogP contribution in [0.15, 0.2) is 58.4 Å². The fourth-order valence-corrected chi connectivity index (χ4v) is 8.47. The van der Waals surface area contributed by atoms with E-state index in [-0.39, 0.29) is 5.60 Å². The van der Waals surface area contributed by atoms with Gasteiger partial charge in [-0.2, -0.15) is 0 Å². The number of benzene rings is 1. The molecule has 0 heterocycles. The van der Waals surface area contributed by atoms with Crippen LogP contribution in [-0.4, -0.2) is 12.2 Å². The van der Waals surface area contributed by atoms with Crippen LogP contribution in [0.2, 0.25) is 0 Å². The molecule has 0 amide bonds. The first kappa shape index (κ1) is 19.0. The van der Waals surface area contributed by atoms with Crippen molar-refractivity contribution in [3.63, 3.8) is 0 Å². The van der Waals surface area contributed by atoms with Gasteiger partial charge in [-0.3, -0.25) is 0 Å². The normalized spacial score (nSPS) is 39.0. The molecule has 5 atom stereocenters. The van der Waals surface area contributed by atoms with Gasteiger partial charge in [0.05, 0.1) is 5.60 Å². The number of thioether (sulfide) groups is 1. The summed E-state index contributed by atoms with van der Waals surface area (Å²) in [5.74, 6) is 2.87. The van der Waals surface area contributed by atoms with E-state index in [0.717, 1.165) is 18.9 Å². The zero-order chi connectivity index (χ0) is 19.4. The maximum absolute atomic E-state index is 6.82. The Balaban J connectivity index is 1.52. The van der Waals surface area contributed by atoms with Gasteiger partial charge >= 0.3 is 0 Å². The van der Waals surface area contributed by atoms with E-state index in [1.54, 1.807) is 4.91 Å². The standard InChI is InChI=1S/C26H34OS/c1-18(2)17-27-25-14-13-20-9-10-22-23(28-21-7-5-4-6-8-21)11-12-24(25)26(20,22)16-19(3)15-25/h4-8,11,18,20,22,24H,3,9-10,12-17H2,1-2H3/t20-,22-,24+,25-,26+/m1/s1. The van der Waals surface area contributed by atoms with Crippen LogP contribution in [0.25, 0.3) is 0 Å². The molecule has 1 spiro atoms. The van der Waals surface area contributed by atoms with Gasteiger partial charge in [0.1, 0.15) is 0 Å². The van der Waals surface area contributed by atoms with Gasteiger partial charge in [0.25, 0.3) is 0 Å². The highest BCUT2D eigenvalue weighted by Crippen LogP contribution is 2.72. The van der Waals surface area contributed by atoms with Crippen LogP contribution in [-0.2, 0) is 4.74 Å². The molecular weight excluding hydrogens is 360 g/mol. The second kappa shape index (κ2) is 7.06. The van der Waals surface area contributed by atoms with E-state index >= 15 is 0 Å². The van der Waals surface area contributed by atoms with Gasteiger partial charge in [-0.05, 0) is 91.1 Å². The highest BCUT2D eigenvalue weighted by atomic mass is 32.2. The number of ether oxygens (including phenoxy) is 1. The molecule has 3 fully saturated rings. The van der Waals surface area contributed by atoms with Gasteiger partial charge < -0.3 is 4.74 Å². The zero-order valence-electron chi connectivity index (χ0n) is 17.5. The molecule has 2 heteroatoms. The average Bonchev–Trinajstić information content (AvgIpc) is 3.02. The van der Waals surface area contributed by atoms with Crippen LogP contribution in [0.4, 0.5) is 0 Å². The molecule has 0 saturated heterocycles. The molecule has 4 aliphatic rings. The molecular formula is C26H34OS. The lowest BCUT2D eigenvalue weighted by Crippen LogP contribution is -2.61. The highest BCUT2D eigenvalue weighted by Gasteiger charge is 2.67. The average molecular weight is 395 g/mol. The van der Waals surface area contributed by atoms with E-state index in [1.165, 1.54) is 49.0 Å². The van der Waals surface area contributed by atoms with Crippen LogP contribution in [0, 0.1) is 29.1 Å². The van der Waals surface area contributed by atoms with E-state index in [2.05, 4.69) is 56.8 Å². The fourth-order valence-electron chi connectivity index (χ4n) is 7.25. The Morgan fingerprint density at radius 3 is 2.75 bits per heavy atom. The third-order valence-electron chi connectivity index (χ3n) is 8.10. The van der Waals surface area contributed by atoms with Crippen molar-refractivity contribution < 1.29 is 4.74 Å². The Labute approximate surface area is 175 Å². The Hall–Kier alpha value is -0.990. The third-order valence-corrected chi connectivity index (χ3v) is 9.29. The molecule has 5 rings (SSSR count). The van der Waals surface area contributed by atoms with Gasteiger partial charge in [-0.25, -0.2) is 0 Å². The predicted molar refractivity (Wildman–Crippen MR) is 118 cm³/mol. The monoisotopic (exact) mass is 394 g/mol. The molecule has 4 aliphatic carbocycles. The summed E-state index contributed by atoms with van der Waals surface area (Å²) in [4.78, 5) is 3.03. The van der Waals surface area contributed by atoms with Crippen LogP contribution >= 0.6 is 11.8 Å². The molecule has 1 aromatic rings. The van der Waals surface area contributed by atoms with Crippen molar-refractivity contribution >= 4 is 11.8 Å². The van der Waals surface area contributed by atoms with Gasteiger partial charge in [0.2, 0.25) is 0 Å². The Bertz CT molecular complexity index is 781. The van der Waals surface area contributed by atoms with Crippen molar-refractivity contribution in [2.75, 3.05) is 6.61 Å². The molecule has 0 N–H and O–H groups in total. The second-order valence-corrected chi connectivity index (χ2v) is 11.3. The minimum atomic E-state index is 0.0537. The fraction of sp³-hybridized carbons (Fsp3) is 0.615. The molecule has 2 bridgehead atoms. The van der Waals surface area contributed by atoms with E-state index in [1.807, 2.05) is 11.8 Å². The summed E-state index contributed by atoms with van der Waals surface area (Å²) in [6, 6.07) is 11.0. The summed E-state index contributed by atoms with van der Waals surface area (Å²) in [6.07, 6.45) is 11.5. The Morgan fingerprint density at radius 2 is 1.96 bits per heavy atom. The summed E-state index contributed by atoms with van der Waals surface area (Å²) in [5.41, 5.74) is 1.93. The zero-order valence-corrected chi connectivity index (χ0v) is 18.3. The minimum Gasteiger partial charge on any atom is -0.374 e. The van der Waals surface area contributed by atoms with Crippen LogP contribution < -0.4 is 0 Å². The van der Waals surface area contributed by atoms with E-state index in [9.17, 15) is 0 Å². The molecule has 1 aromatic carbocycles. The van der Waals surface area contributed by atoms with Crippen molar-refractivity contribution in [2.45, 2.75) is 69.3 Å².